The molecule has 26 heavy (non-hydrogen) atoms. The fourth-order valence-electron chi connectivity index (χ4n) is 3.61. The highest BCUT2D eigenvalue weighted by atomic mass is 15.3. The predicted octanol–water partition coefficient (Wildman–Crippen LogP) is 4.09. The first kappa shape index (κ1) is 16.5. The first-order valence-corrected chi connectivity index (χ1v) is 8.94. The van der Waals surface area contributed by atoms with Crippen molar-refractivity contribution >= 4 is 11.0 Å². The molecule has 0 bridgehead atoms. The molecule has 3 heterocycles. The summed E-state index contributed by atoms with van der Waals surface area (Å²) in [5.41, 5.74) is 6.84. The number of benzene rings is 1. The molecule has 0 aliphatic rings. The number of fused-ring (bicyclic) bond motifs is 1. The van der Waals surface area contributed by atoms with E-state index in [9.17, 15) is 0 Å². The third-order valence-corrected chi connectivity index (χ3v) is 5.06. The van der Waals surface area contributed by atoms with Crippen LogP contribution in [0.25, 0.3) is 16.9 Å². The van der Waals surface area contributed by atoms with E-state index in [4.69, 9.17) is 0 Å². The van der Waals surface area contributed by atoms with Crippen LogP contribution in [0.4, 0.5) is 0 Å². The Labute approximate surface area is 153 Å². The lowest BCUT2D eigenvalue weighted by molar-refractivity contribution is 0.694. The van der Waals surface area contributed by atoms with Crippen LogP contribution in [0.2, 0.25) is 0 Å². The lowest BCUT2D eigenvalue weighted by Gasteiger charge is -2.08. The number of aromatic nitrogens is 5. The van der Waals surface area contributed by atoms with Crippen molar-refractivity contribution < 1.29 is 0 Å². The van der Waals surface area contributed by atoms with Gasteiger partial charge in [0.25, 0.3) is 0 Å². The van der Waals surface area contributed by atoms with Gasteiger partial charge in [0.15, 0.2) is 5.82 Å². The van der Waals surface area contributed by atoms with Gasteiger partial charge in [-0.2, -0.15) is 5.10 Å². The zero-order valence-electron chi connectivity index (χ0n) is 15.7. The van der Waals surface area contributed by atoms with Crippen LogP contribution in [0.1, 0.15) is 28.2 Å². The summed E-state index contributed by atoms with van der Waals surface area (Å²) in [4.78, 5) is 9.17. The monoisotopic (exact) mass is 345 g/mol. The molecule has 0 N–H and O–H groups in total. The maximum Gasteiger partial charge on any atom is 0.166 e. The lowest BCUT2D eigenvalue weighted by Crippen LogP contribution is -2.06. The van der Waals surface area contributed by atoms with Gasteiger partial charge in [0.1, 0.15) is 12.0 Å². The summed E-state index contributed by atoms with van der Waals surface area (Å²) in [7, 11) is 0. The van der Waals surface area contributed by atoms with E-state index >= 15 is 0 Å². The standard InChI is InChI=1S/C21H23N5/c1-14-12-15(2)26(24-14)21-19-16(3)17(4)25(20(19)22-13-23-21)11-10-18-8-6-5-7-9-18/h5-9,12-13H,10-11H2,1-4H3. The Hall–Kier alpha value is -2.95. The van der Waals surface area contributed by atoms with Crippen LogP contribution in [0.15, 0.2) is 42.7 Å². The summed E-state index contributed by atoms with van der Waals surface area (Å²) in [6.07, 6.45) is 2.62. The Balaban J connectivity index is 1.82. The molecule has 1 aromatic carbocycles. The molecule has 0 saturated heterocycles. The molecule has 132 valence electrons. The van der Waals surface area contributed by atoms with Crippen LogP contribution in [-0.4, -0.2) is 24.3 Å². The molecule has 5 nitrogen and oxygen atoms in total. The van der Waals surface area contributed by atoms with Gasteiger partial charge in [0, 0.05) is 17.9 Å². The van der Waals surface area contributed by atoms with E-state index in [0.717, 1.165) is 41.2 Å². The smallest absolute Gasteiger partial charge is 0.166 e. The third kappa shape index (κ3) is 2.69. The molecular weight excluding hydrogens is 322 g/mol. The Morgan fingerprint density at radius 2 is 1.73 bits per heavy atom. The fraction of sp³-hybridized carbons (Fsp3) is 0.286. The molecule has 0 radical (unpaired) electrons. The van der Waals surface area contributed by atoms with Crippen molar-refractivity contribution in [1.82, 2.24) is 24.3 Å². The topological polar surface area (TPSA) is 48.5 Å². The third-order valence-electron chi connectivity index (χ3n) is 5.06. The average Bonchev–Trinajstić information content (AvgIpc) is 3.11. The molecule has 0 saturated carbocycles. The van der Waals surface area contributed by atoms with Gasteiger partial charge in [-0.1, -0.05) is 30.3 Å². The van der Waals surface area contributed by atoms with Gasteiger partial charge in [-0.3, -0.25) is 0 Å². The number of rotatable bonds is 4. The molecule has 0 fully saturated rings. The second-order valence-electron chi connectivity index (χ2n) is 6.83. The molecule has 0 atom stereocenters. The largest absolute Gasteiger partial charge is 0.329 e. The van der Waals surface area contributed by atoms with Crippen LogP contribution in [-0.2, 0) is 13.0 Å². The van der Waals surface area contributed by atoms with Gasteiger partial charge < -0.3 is 4.57 Å². The molecule has 5 heteroatoms. The molecule has 0 unspecified atom stereocenters. The Bertz CT molecular complexity index is 1070. The van der Waals surface area contributed by atoms with Crippen molar-refractivity contribution in [1.29, 1.82) is 0 Å². The molecule has 0 amide bonds. The van der Waals surface area contributed by atoms with E-state index in [-0.39, 0.29) is 0 Å². The quantitative estimate of drug-likeness (QED) is 0.560. The number of aryl methyl sites for hydroxylation is 5. The average molecular weight is 345 g/mol. The van der Waals surface area contributed by atoms with Crippen molar-refractivity contribution in [3.8, 4) is 5.82 Å². The summed E-state index contributed by atoms with van der Waals surface area (Å²) in [5.74, 6) is 0.861. The van der Waals surface area contributed by atoms with Crippen molar-refractivity contribution in [2.75, 3.05) is 0 Å². The first-order valence-electron chi connectivity index (χ1n) is 8.94. The molecule has 0 spiro atoms. The van der Waals surface area contributed by atoms with E-state index in [1.807, 2.05) is 11.6 Å². The van der Waals surface area contributed by atoms with Gasteiger partial charge in [-0.15, -0.1) is 0 Å². The van der Waals surface area contributed by atoms with E-state index < -0.39 is 0 Å². The van der Waals surface area contributed by atoms with Crippen LogP contribution < -0.4 is 0 Å². The predicted molar refractivity (Wildman–Crippen MR) is 104 cm³/mol. The first-order chi connectivity index (χ1) is 12.6. The fourth-order valence-corrected chi connectivity index (χ4v) is 3.61. The lowest BCUT2D eigenvalue weighted by atomic mass is 10.1. The second kappa shape index (κ2) is 6.41. The minimum Gasteiger partial charge on any atom is -0.329 e. The van der Waals surface area contributed by atoms with Crippen LogP contribution in [0, 0.1) is 27.7 Å². The summed E-state index contributed by atoms with van der Waals surface area (Å²) >= 11 is 0. The minimum absolute atomic E-state index is 0.861. The molecule has 4 aromatic rings. The van der Waals surface area contributed by atoms with Crippen molar-refractivity contribution in [3.05, 3.63) is 70.9 Å². The maximum absolute atomic E-state index is 4.62. The summed E-state index contributed by atoms with van der Waals surface area (Å²) in [5, 5.41) is 5.71. The van der Waals surface area contributed by atoms with E-state index in [1.165, 1.54) is 16.8 Å². The van der Waals surface area contributed by atoms with Crippen LogP contribution >= 0.6 is 0 Å². The highest BCUT2D eigenvalue weighted by Crippen LogP contribution is 2.28. The summed E-state index contributed by atoms with van der Waals surface area (Å²) in [6.45, 7) is 9.27. The normalized spacial score (nSPS) is 11.4. The molecule has 0 aliphatic heterocycles. The molecule has 3 aromatic heterocycles. The molecule has 4 rings (SSSR count). The Kier molecular flexibility index (Phi) is 4.07. The number of hydrogen-bond donors (Lipinski definition) is 0. The van der Waals surface area contributed by atoms with Gasteiger partial charge in [-0.25, -0.2) is 14.6 Å². The van der Waals surface area contributed by atoms with Crippen LogP contribution in [0.3, 0.4) is 0 Å². The molecular formula is C21H23N5. The zero-order chi connectivity index (χ0) is 18.3. The van der Waals surface area contributed by atoms with E-state index in [0.29, 0.717) is 0 Å². The second-order valence-corrected chi connectivity index (χ2v) is 6.83. The zero-order valence-corrected chi connectivity index (χ0v) is 15.7. The van der Waals surface area contributed by atoms with Gasteiger partial charge in [-0.05, 0) is 51.3 Å². The number of nitrogens with zero attached hydrogens (tertiary/aromatic N) is 5. The number of hydrogen-bond acceptors (Lipinski definition) is 3. The van der Waals surface area contributed by atoms with E-state index in [1.54, 1.807) is 6.33 Å². The van der Waals surface area contributed by atoms with Crippen molar-refractivity contribution in [2.45, 2.75) is 40.7 Å². The van der Waals surface area contributed by atoms with Crippen molar-refractivity contribution in [3.63, 3.8) is 0 Å². The highest BCUT2D eigenvalue weighted by molar-refractivity contribution is 5.88. The van der Waals surface area contributed by atoms with Gasteiger partial charge in [0.05, 0.1) is 11.1 Å². The Morgan fingerprint density at radius 1 is 0.962 bits per heavy atom. The molecule has 0 aliphatic carbocycles. The minimum atomic E-state index is 0.861. The van der Waals surface area contributed by atoms with Crippen LogP contribution in [0.5, 0.6) is 0 Å². The van der Waals surface area contributed by atoms with E-state index in [2.05, 4.69) is 76.8 Å². The SMILES string of the molecule is Cc1cc(C)n(-c2ncnc3c2c(C)c(C)n3CCc2ccccc2)n1. The maximum atomic E-state index is 4.62. The summed E-state index contributed by atoms with van der Waals surface area (Å²) in [6, 6.07) is 12.6. The van der Waals surface area contributed by atoms with Gasteiger partial charge in [0.2, 0.25) is 0 Å². The van der Waals surface area contributed by atoms with Gasteiger partial charge >= 0.3 is 0 Å². The van der Waals surface area contributed by atoms with Crippen molar-refractivity contribution in [2.24, 2.45) is 0 Å². The highest BCUT2D eigenvalue weighted by Gasteiger charge is 2.18. The Morgan fingerprint density at radius 3 is 2.42 bits per heavy atom. The summed E-state index contributed by atoms with van der Waals surface area (Å²) < 4.78 is 4.22.